The number of rotatable bonds is 4. The summed E-state index contributed by atoms with van der Waals surface area (Å²) in [5.41, 5.74) is 2.72. The van der Waals surface area contributed by atoms with Gasteiger partial charge in [0.2, 0.25) is 0 Å². The van der Waals surface area contributed by atoms with E-state index in [1.165, 1.54) is 0 Å². The van der Waals surface area contributed by atoms with E-state index in [9.17, 15) is 9.59 Å². The summed E-state index contributed by atoms with van der Waals surface area (Å²) in [6.07, 6.45) is 1.31. The predicted octanol–water partition coefficient (Wildman–Crippen LogP) is 3.96. The van der Waals surface area contributed by atoms with Crippen LogP contribution in [0.15, 0.2) is 48.5 Å². The zero-order valence-corrected chi connectivity index (χ0v) is 18.8. The lowest BCUT2D eigenvalue weighted by molar-refractivity contribution is 0.0914. The summed E-state index contributed by atoms with van der Waals surface area (Å²) in [5, 5.41) is 10.6. The molecule has 9 heteroatoms. The van der Waals surface area contributed by atoms with Gasteiger partial charge in [0.25, 0.3) is 5.91 Å². The molecule has 3 heterocycles. The number of benzene rings is 1. The molecule has 8 nitrogen and oxygen atoms in total. The predicted molar refractivity (Wildman–Crippen MR) is 123 cm³/mol. The van der Waals surface area contributed by atoms with Crippen LogP contribution in [0.2, 0.25) is 5.02 Å². The van der Waals surface area contributed by atoms with Crippen molar-refractivity contribution in [2.24, 2.45) is 0 Å². The number of anilines is 1. The Morgan fingerprint density at radius 1 is 1.06 bits per heavy atom. The van der Waals surface area contributed by atoms with Gasteiger partial charge in [0.1, 0.15) is 5.69 Å². The van der Waals surface area contributed by atoms with E-state index < -0.39 is 0 Å². The molecule has 3 aromatic rings. The minimum Gasteiger partial charge on any atom is -0.348 e. The number of hydrogen-bond acceptors (Lipinski definition) is 4. The normalized spacial score (nSPS) is 14.3. The lowest BCUT2D eigenvalue weighted by Gasteiger charge is -2.32. The molecule has 4 rings (SSSR count). The van der Waals surface area contributed by atoms with Gasteiger partial charge in [0, 0.05) is 30.5 Å². The van der Waals surface area contributed by atoms with Crippen LogP contribution < -0.4 is 10.6 Å². The first-order chi connectivity index (χ1) is 15.4. The molecule has 0 unspecified atom stereocenters. The minimum absolute atomic E-state index is 0.0570. The van der Waals surface area contributed by atoms with Gasteiger partial charge in [-0.1, -0.05) is 29.8 Å². The zero-order valence-electron chi connectivity index (χ0n) is 18.0. The average Bonchev–Trinajstić information content (AvgIpc) is 3.13. The number of amides is 3. The Balaban J connectivity index is 1.36. The van der Waals surface area contributed by atoms with E-state index in [0.29, 0.717) is 31.7 Å². The summed E-state index contributed by atoms with van der Waals surface area (Å²) in [5.74, 6) is 0.211. The Labute approximate surface area is 191 Å². The fourth-order valence-electron chi connectivity index (χ4n) is 3.77. The van der Waals surface area contributed by atoms with Gasteiger partial charge in [-0.15, -0.1) is 0 Å². The number of hydrogen-bond donors (Lipinski definition) is 2. The molecule has 166 valence electrons. The number of likely N-dealkylation sites (tertiary alicyclic amines) is 1. The number of carbonyl (C=O) groups is 2. The third-order valence-electron chi connectivity index (χ3n) is 5.42. The van der Waals surface area contributed by atoms with E-state index in [1.54, 1.807) is 21.7 Å². The highest BCUT2D eigenvalue weighted by atomic mass is 35.5. The van der Waals surface area contributed by atoms with Crippen LogP contribution in [-0.4, -0.2) is 50.7 Å². The maximum absolute atomic E-state index is 12.9. The Morgan fingerprint density at radius 3 is 2.44 bits per heavy atom. The molecule has 3 amide bonds. The van der Waals surface area contributed by atoms with Gasteiger partial charge in [0.15, 0.2) is 5.82 Å². The van der Waals surface area contributed by atoms with Crippen LogP contribution in [0.4, 0.5) is 10.5 Å². The molecule has 0 radical (unpaired) electrons. The molecule has 1 aliphatic rings. The molecule has 0 spiro atoms. The van der Waals surface area contributed by atoms with Gasteiger partial charge in [0.05, 0.1) is 10.7 Å². The highest BCUT2D eigenvalue weighted by Crippen LogP contribution is 2.19. The van der Waals surface area contributed by atoms with Crippen molar-refractivity contribution in [2.75, 3.05) is 18.4 Å². The quantitative estimate of drug-likeness (QED) is 0.626. The number of halogens is 1. The van der Waals surface area contributed by atoms with Gasteiger partial charge in [-0.2, -0.15) is 5.10 Å². The summed E-state index contributed by atoms with van der Waals surface area (Å²) in [6.45, 7) is 4.93. The van der Waals surface area contributed by atoms with E-state index in [-0.39, 0.29) is 28.7 Å². The molecule has 0 bridgehead atoms. The number of para-hydroxylation sites is 1. The van der Waals surface area contributed by atoms with Crippen LogP contribution in [-0.2, 0) is 0 Å². The number of nitrogens with zero attached hydrogens (tertiary/aromatic N) is 4. The van der Waals surface area contributed by atoms with Crippen molar-refractivity contribution in [3.8, 4) is 5.82 Å². The fourth-order valence-corrected chi connectivity index (χ4v) is 3.97. The summed E-state index contributed by atoms with van der Waals surface area (Å²) >= 11 is 6.27. The first-order valence-electron chi connectivity index (χ1n) is 10.5. The monoisotopic (exact) mass is 452 g/mol. The topological polar surface area (TPSA) is 92.2 Å². The molecular formula is C23H25ClN6O2. The molecule has 1 aliphatic heterocycles. The van der Waals surface area contributed by atoms with Crippen molar-refractivity contribution in [1.82, 2.24) is 25.0 Å². The highest BCUT2D eigenvalue weighted by Gasteiger charge is 2.25. The fraction of sp³-hybridized carbons (Fsp3) is 0.304. The third-order valence-corrected chi connectivity index (χ3v) is 5.72. The first kappa shape index (κ1) is 21.8. The second-order valence-corrected chi connectivity index (χ2v) is 8.28. The molecule has 0 atom stereocenters. The summed E-state index contributed by atoms with van der Waals surface area (Å²) in [6, 6.07) is 14.5. The number of urea groups is 1. The van der Waals surface area contributed by atoms with Crippen molar-refractivity contribution >= 4 is 29.2 Å². The van der Waals surface area contributed by atoms with Crippen LogP contribution >= 0.6 is 11.6 Å². The van der Waals surface area contributed by atoms with Gasteiger partial charge >= 0.3 is 6.03 Å². The lowest BCUT2D eigenvalue weighted by Crippen LogP contribution is -2.47. The van der Waals surface area contributed by atoms with Crippen LogP contribution in [0.3, 0.4) is 0 Å². The summed E-state index contributed by atoms with van der Waals surface area (Å²) in [7, 11) is 0. The van der Waals surface area contributed by atoms with Gasteiger partial charge in [-0.05, 0) is 57.0 Å². The maximum atomic E-state index is 12.9. The molecule has 1 fully saturated rings. The van der Waals surface area contributed by atoms with E-state index in [4.69, 9.17) is 11.6 Å². The maximum Gasteiger partial charge on any atom is 0.321 e. The van der Waals surface area contributed by atoms with Gasteiger partial charge in [-0.25, -0.2) is 14.5 Å². The van der Waals surface area contributed by atoms with E-state index in [0.717, 1.165) is 17.1 Å². The van der Waals surface area contributed by atoms with Gasteiger partial charge in [-0.3, -0.25) is 4.79 Å². The highest BCUT2D eigenvalue weighted by molar-refractivity contribution is 6.33. The van der Waals surface area contributed by atoms with E-state index >= 15 is 0 Å². The van der Waals surface area contributed by atoms with Crippen molar-refractivity contribution in [3.05, 3.63) is 70.6 Å². The number of carbonyl (C=O) groups excluding carboxylic acids is 2. The Hall–Kier alpha value is -3.39. The van der Waals surface area contributed by atoms with Crippen LogP contribution in [0.1, 0.15) is 34.7 Å². The molecular weight excluding hydrogens is 428 g/mol. The third kappa shape index (κ3) is 4.91. The molecule has 2 aromatic heterocycles. The average molecular weight is 453 g/mol. The van der Waals surface area contributed by atoms with Crippen LogP contribution in [0.25, 0.3) is 5.82 Å². The standard InChI is InChI=1S/C23H25ClN6O2/c1-15-14-16(2)30(28-15)20-9-8-19(24)21(27-20)22(31)25-18-10-12-29(13-11-18)23(32)26-17-6-4-3-5-7-17/h3-9,14,18H,10-13H2,1-2H3,(H,25,31)(H,26,32). The Bertz CT molecular complexity index is 1120. The molecule has 1 aromatic carbocycles. The number of nitrogens with one attached hydrogen (secondary N) is 2. The molecule has 0 saturated carbocycles. The number of pyridine rings is 1. The van der Waals surface area contributed by atoms with E-state index in [1.807, 2.05) is 50.2 Å². The summed E-state index contributed by atoms with van der Waals surface area (Å²) < 4.78 is 1.69. The number of piperidine rings is 1. The summed E-state index contributed by atoms with van der Waals surface area (Å²) in [4.78, 5) is 31.5. The van der Waals surface area contributed by atoms with Crippen molar-refractivity contribution in [2.45, 2.75) is 32.7 Å². The second kappa shape index (κ2) is 9.40. The molecule has 1 saturated heterocycles. The molecule has 0 aliphatic carbocycles. The Morgan fingerprint density at radius 2 is 1.78 bits per heavy atom. The smallest absolute Gasteiger partial charge is 0.321 e. The van der Waals surface area contributed by atoms with Crippen LogP contribution in [0, 0.1) is 13.8 Å². The van der Waals surface area contributed by atoms with E-state index in [2.05, 4.69) is 20.7 Å². The second-order valence-electron chi connectivity index (χ2n) is 7.87. The van der Waals surface area contributed by atoms with Crippen molar-refractivity contribution in [3.63, 3.8) is 0 Å². The molecule has 32 heavy (non-hydrogen) atoms. The van der Waals surface area contributed by atoms with Gasteiger partial charge < -0.3 is 15.5 Å². The number of aryl methyl sites for hydroxylation is 2. The number of aromatic nitrogens is 3. The largest absolute Gasteiger partial charge is 0.348 e. The lowest BCUT2D eigenvalue weighted by atomic mass is 10.1. The minimum atomic E-state index is -0.328. The molecule has 2 N–H and O–H groups in total. The zero-order chi connectivity index (χ0) is 22.7. The van der Waals surface area contributed by atoms with Crippen LogP contribution in [0.5, 0.6) is 0 Å². The Kier molecular flexibility index (Phi) is 6.41. The SMILES string of the molecule is Cc1cc(C)n(-c2ccc(Cl)c(C(=O)NC3CCN(C(=O)Nc4ccccc4)CC3)n2)n1. The first-order valence-corrected chi connectivity index (χ1v) is 10.9. The van der Waals surface area contributed by atoms with Crippen molar-refractivity contribution < 1.29 is 9.59 Å². The van der Waals surface area contributed by atoms with Crippen molar-refractivity contribution in [1.29, 1.82) is 0 Å².